The van der Waals surface area contributed by atoms with Crippen LogP contribution < -0.4 is 5.32 Å². The smallest absolute Gasteiger partial charge is 0.362 e. The molecule has 2 rings (SSSR count). The quantitative estimate of drug-likeness (QED) is 0.522. The van der Waals surface area contributed by atoms with E-state index in [1.165, 1.54) is 42.8 Å². The molecule has 0 aliphatic heterocycles. The number of nitrogens with zero attached hydrogens (tertiary/aromatic N) is 1. The van der Waals surface area contributed by atoms with E-state index in [-0.39, 0.29) is 11.4 Å². The lowest BCUT2D eigenvalue weighted by Gasteiger charge is -2.08. The Balaban J connectivity index is 1.99. The van der Waals surface area contributed by atoms with Crippen molar-refractivity contribution in [1.29, 1.82) is 0 Å². The molecule has 132 valence electrons. The second-order valence-electron chi connectivity index (χ2n) is 4.91. The Morgan fingerprint density at radius 3 is 2.04 bits per heavy atom. The van der Waals surface area contributed by atoms with Crippen LogP contribution >= 0.6 is 0 Å². The average Bonchev–Trinajstić information content (AvgIpc) is 2.53. The fourth-order valence-corrected chi connectivity index (χ4v) is 1.86. The molecule has 0 aliphatic rings. The van der Waals surface area contributed by atoms with E-state index in [0.29, 0.717) is 0 Å². The van der Waals surface area contributed by atoms with Gasteiger partial charge in [0.1, 0.15) is 0 Å². The maximum atomic E-state index is 12.6. The summed E-state index contributed by atoms with van der Waals surface area (Å²) in [6, 6.07) is 9.06. The highest BCUT2D eigenvalue weighted by Crippen LogP contribution is 2.31. The molecule has 0 aliphatic carbocycles. The minimum absolute atomic E-state index is 0.110. The lowest BCUT2D eigenvalue weighted by Crippen LogP contribution is -2.04. The van der Waals surface area contributed by atoms with Crippen LogP contribution in [0, 0.1) is 0 Å². The number of hydrogen-bond donors (Lipinski definition) is 1. The van der Waals surface area contributed by atoms with Crippen molar-refractivity contribution in [2.24, 2.45) is 4.99 Å². The molecule has 2 nitrogen and oxygen atoms in total. The van der Waals surface area contributed by atoms with E-state index in [4.69, 9.17) is 0 Å². The van der Waals surface area contributed by atoms with E-state index in [1.54, 1.807) is 0 Å². The van der Waals surface area contributed by atoms with Gasteiger partial charge >= 0.3 is 12.4 Å². The Bertz CT molecular complexity index is 775. The van der Waals surface area contributed by atoms with Crippen LogP contribution in [-0.2, 0) is 12.4 Å². The second-order valence-corrected chi connectivity index (χ2v) is 4.91. The Morgan fingerprint density at radius 1 is 0.800 bits per heavy atom. The molecule has 0 heterocycles. The van der Waals surface area contributed by atoms with Crippen LogP contribution in [0.3, 0.4) is 0 Å². The van der Waals surface area contributed by atoms with Crippen molar-refractivity contribution in [2.75, 3.05) is 5.32 Å². The van der Waals surface area contributed by atoms with E-state index < -0.39 is 23.5 Å². The summed E-state index contributed by atoms with van der Waals surface area (Å²) in [5.41, 5.74) is -1.27. The summed E-state index contributed by atoms with van der Waals surface area (Å²) >= 11 is 0. The van der Waals surface area contributed by atoms with Gasteiger partial charge in [0.2, 0.25) is 0 Å². The Hall–Kier alpha value is -2.77. The number of anilines is 1. The molecule has 0 radical (unpaired) electrons. The highest BCUT2D eigenvalue weighted by atomic mass is 19.4. The van der Waals surface area contributed by atoms with Crippen LogP contribution in [0.5, 0.6) is 0 Å². The van der Waals surface area contributed by atoms with Gasteiger partial charge in [-0.15, -0.1) is 0 Å². The highest BCUT2D eigenvalue weighted by molar-refractivity contribution is 5.75. The Morgan fingerprint density at radius 2 is 1.40 bits per heavy atom. The van der Waals surface area contributed by atoms with Gasteiger partial charge in [-0.3, -0.25) is 4.99 Å². The molecule has 0 bridgehead atoms. The molecular weight excluding hydrogens is 346 g/mol. The maximum absolute atomic E-state index is 12.6. The minimum Gasteiger partial charge on any atom is -0.362 e. The average molecular weight is 358 g/mol. The van der Waals surface area contributed by atoms with Gasteiger partial charge in [0.05, 0.1) is 16.8 Å². The van der Waals surface area contributed by atoms with Gasteiger partial charge in [0.15, 0.2) is 0 Å². The number of halogens is 6. The molecule has 0 aromatic heterocycles. The number of hydrogen-bond acceptors (Lipinski definition) is 2. The first-order valence-corrected chi connectivity index (χ1v) is 6.96. The van der Waals surface area contributed by atoms with Gasteiger partial charge in [-0.1, -0.05) is 12.1 Å². The van der Waals surface area contributed by atoms with E-state index >= 15 is 0 Å². The predicted octanol–water partition coefficient (Wildman–Crippen LogP) is 6.05. The first kappa shape index (κ1) is 18.6. The van der Waals surface area contributed by atoms with Gasteiger partial charge in [-0.25, -0.2) is 0 Å². The third-order valence-corrected chi connectivity index (χ3v) is 3.02. The summed E-state index contributed by atoms with van der Waals surface area (Å²) in [4.78, 5) is 3.84. The predicted molar refractivity (Wildman–Crippen MR) is 83.8 cm³/mol. The lowest BCUT2D eigenvalue weighted by atomic mass is 10.2. The van der Waals surface area contributed by atoms with Crippen LogP contribution in [0.2, 0.25) is 0 Å². The second kappa shape index (κ2) is 7.42. The maximum Gasteiger partial charge on any atom is 0.416 e. The minimum atomic E-state index is -4.45. The molecule has 0 saturated carbocycles. The van der Waals surface area contributed by atoms with Crippen LogP contribution in [0.25, 0.3) is 0 Å². The molecular formula is C17H12F6N2. The van der Waals surface area contributed by atoms with Crippen molar-refractivity contribution < 1.29 is 26.3 Å². The Labute approximate surface area is 139 Å². The largest absolute Gasteiger partial charge is 0.416 e. The summed E-state index contributed by atoms with van der Waals surface area (Å²) in [6.07, 6.45) is -4.97. The first-order chi connectivity index (χ1) is 11.7. The number of allylic oxidation sites excluding steroid dienone is 1. The topological polar surface area (TPSA) is 24.4 Å². The molecule has 0 atom stereocenters. The molecule has 0 saturated heterocycles. The number of nitrogens with one attached hydrogen (secondary N) is 1. The van der Waals surface area contributed by atoms with Crippen LogP contribution in [-0.4, -0.2) is 6.21 Å². The zero-order valence-corrected chi connectivity index (χ0v) is 12.6. The molecule has 8 heteroatoms. The first-order valence-electron chi connectivity index (χ1n) is 6.96. The van der Waals surface area contributed by atoms with Gasteiger partial charge < -0.3 is 5.32 Å². The number of benzene rings is 2. The van der Waals surface area contributed by atoms with Crippen molar-refractivity contribution in [3.8, 4) is 0 Å². The molecule has 2 aromatic carbocycles. The third kappa shape index (κ3) is 5.66. The van der Waals surface area contributed by atoms with Gasteiger partial charge in [0.25, 0.3) is 0 Å². The van der Waals surface area contributed by atoms with E-state index in [1.807, 2.05) is 0 Å². The standard InChI is InChI=1S/C17H12F6N2/c18-16(19,20)12-4-1-6-14(10-12)24-8-3-9-25-15-7-2-5-13(11-15)17(21,22)23/h1-11,24H. The van der Waals surface area contributed by atoms with Crippen molar-refractivity contribution in [1.82, 2.24) is 0 Å². The van der Waals surface area contributed by atoms with Gasteiger partial charge in [-0.05, 0) is 42.5 Å². The van der Waals surface area contributed by atoms with E-state index in [9.17, 15) is 26.3 Å². The normalized spacial score (nSPS) is 12.9. The highest BCUT2D eigenvalue weighted by Gasteiger charge is 2.31. The molecule has 0 unspecified atom stereocenters. The fraction of sp³-hybridized carbons (Fsp3) is 0.118. The zero-order valence-electron chi connectivity index (χ0n) is 12.6. The molecule has 2 aromatic rings. The van der Waals surface area contributed by atoms with Crippen LogP contribution in [0.15, 0.2) is 65.8 Å². The van der Waals surface area contributed by atoms with Crippen molar-refractivity contribution in [3.05, 3.63) is 71.9 Å². The van der Waals surface area contributed by atoms with E-state index in [0.717, 1.165) is 24.3 Å². The lowest BCUT2D eigenvalue weighted by molar-refractivity contribution is -0.138. The zero-order chi connectivity index (χ0) is 18.5. The summed E-state index contributed by atoms with van der Waals surface area (Å²) < 4.78 is 75.4. The molecule has 0 fully saturated rings. The molecule has 0 amide bonds. The van der Waals surface area contributed by atoms with Crippen molar-refractivity contribution >= 4 is 17.6 Å². The number of alkyl halides is 6. The SMILES string of the molecule is FC(F)(F)c1cccc(N=CC=CNc2cccc(C(F)(F)F)c2)c1. The summed E-state index contributed by atoms with van der Waals surface area (Å²) in [5, 5.41) is 2.63. The van der Waals surface area contributed by atoms with Gasteiger partial charge in [0, 0.05) is 18.1 Å². The summed E-state index contributed by atoms with van der Waals surface area (Å²) in [6.45, 7) is 0. The molecule has 25 heavy (non-hydrogen) atoms. The van der Waals surface area contributed by atoms with E-state index in [2.05, 4.69) is 10.3 Å². The monoisotopic (exact) mass is 358 g/mol. The number of rotatable bonds is 4. The van der Waals surface area contributed by atoms with Crippen LogP contribution in [0.1, 0.15) is 11.1 Å². The van der Waals surface area contributed by atoms with Crippen LogP contribution in [0.4, 0.5) is 37.7 Å². The van der Waals surface area contributed by atoms with Crippen molar-refractivity contribution in [3.63, 3.8) is 0 Å². The number of aliphatic imine (C=N–C) groups is 1. The Kier molecular flexibility index (Phi) is 5.51. The third-order valence-electron chi connectivity index (χ3n) is 3.02. The summed E-state index contributed by atoms with van der Waals surface area (Å²) in [5.74, 6) is 0. The molecule has 0 spiro atoms. The van der Waals surface area contributed by atoms with Gasteiger partial charge in [-0.2, -0.15) is 26.3 Å². The fourth-order valence-electron chi connectivity index (χ4n) is 1.86. The molecule has 1 N–H and O–H groups in total. The van der Waals surface area contributed by atoms with Crippen molar-refractivity contribution in [2.45, 2.75) is 12.4 Å². The summed E-state index contributed by atoms with van der Waals surface area (Å²) in [7, 11) is 0.